The second-order valence-corrected chi connectivity index (χ2v) is 7.71. The zero-order valence-corrected chi connectivity index (χ0v) is 17.0. The third-order valence-corrected chi connectivity index (χ3v) is 5.25. The average Bonchev–Trinajstić information content (AvgIpc) is 2.93. The number of halogens is 1. The highest BCUT2D eigenvalue weighted by Gasteiger charge is 2.60. The van der Waals surface area contributed by atoms with Gasteiger partial charge in [-0.2, -0.15) is 0 Å². The van der Waals surface area contributed by atoms with E-state index in [0.717, 1.165) is 23.1 Å². The number of nitrogens with zero attached hydrogens (tertiary/aromatic N) is 1. The quantitative estimate of drug-likeness (QED) is 0.650. The molecule has 0 saturated heterocycles. The van der Waals surface area contributed by atoms with E-state index in [9.17, 15) is 0 Å². The lowest BCUT2D eigenvalue weighted by Crippen LogP contribution is -1.93. The number of nitrogens with one attached hydrogen (secondary N) is 2. The van der Waals surface area contributed by atoms with Gasteiger partial charge in [0.15, 0.2) is 5.95 Å². The normalized spacial score (nSPS) is 20.4. The van der Waals surface area contributed by atoms with E-state index < -0.39 is 0 Å². The third kappa shape index (κ3) is 3.92. The second-order valence-electron chi connectivity index (χ2n) is 7.28. The summed E-state index contributed by atoms with van der Waals surface area (Å²) in [6.45, 7) is 14.2. The Morgan fingerprint density at radius 2 is 1.96 bits per heavy atom. The topological polar surface area (TPSA) is 40.7 Å². The van der Waals surface area contributed by atoms with Crippen LogP contribution in [-0.2, 0) is 6.42 Å². The fourth-order valence-electron chi connectivity index (χ4n) is 3.72. The van der Waals surface area contributed by atoms with Gasteiger partial charge in [-0.25, -0.2) is 4.98 Å². The number of aryl methyl sites for hydroxylation is 2. The Labute approximate surface area is 156 Å². The van der Waals surface area contributed by atoms with E-state index in [-0.39, 0.29) is 5.41 Å². The van der Waals surface area contributed by atoms with Crippen molar-refractivity contribution in [3.05, 3.63) is 58.4 Å². The van der Waals surface area contributed by atoms with Crippen LogP contribution in [0.15, 0.2) is 30.9 Å². The molecule has 3 rings (SSSR count). The highest BCUT2D eigenvalue weighted by Crippen LogP contribution is 2.70. The first-order valence-corrected chi connectivity index (χ1v) is 9.28. The number of aromatic nitrogens is 2. The molecule has 1 aromatic carbocycles. The average molecular weight is 360 g/mol. The van der Waals surface area contributed by atoms with Crippen molar-refractivity contribution < 1.29 is 0 Å². The summed E-state index contributed by atoms with van der Waals surface area (Å²) in [5.41, 5.74) is 5.19. The SMILES string of the molecule is C=CC.CCc1cc(Cl)cc([C@H]2[C@H](c3nc(NC)[nH]c3C)C2(C)C)c1. The molecule has 1 aliphatic carbocycles. The maximum Gasteiger partial charge on any atom is 0.200 e. The number of imidazole rings is 1. The number of allylic oxidation sites excluding steroid dienone is 1. The lowest BCUT2D eigenvalue weighted by molar-refractivity contribution is 0.597. The molecule has 2 N–H and O–H groups in total. The Bertz CT molecular complexity index is 746. The standard InChI is InChI=1S/C18H24ClN3.C3H6/c1-6-11-7-12(9-13(19)8-11)14-15(18(14,3)4)16-10(2)21-17(20-5)22-16;1-3-2/h7-9,14-15H,6H2,1-5H3,(H2,20,21,22);3H,1H2,2H3/t14-,15+;/m0./s1. The monoisotopic (exact) mass is 359 g/mol. The van der Waals surface area contributed by atoms with Gasteiger partial charge >= 0.3 is 0 Å². The van der Waals surface area contributed by atoms with Crippen LogP contribution >= 0.6 is 11.6 Å². The number of hydrogen-bond acceptors (Lipinski definition) is 2. The van der Waals surface area contributed by atoms with Gasteiger partial charge in [0.05, 0.1) is 5.69 Å². The van der Waals surface area contributed by atoms with E-state index in [2.05, 4.69) is 62.8 Å². The molecule has 2 aromatic rings. The summed E-state index contributed by atoms with van der Waals surface area (Å²) in [6, 6.07) is 6.49. The van der Waals surface area contributed by atoms with Crippen molar-refractivity contribution in [2.24, 2.45) is 5.41 Å². The van der Waals surface area contributed by atoms with E-state index in [1.54, 1.807) is 6.08 Å². The predicted octanol–water partition coefficient (Wildman–Crippen LogP) is 6.08. The predicted molar refractivity (Wildman–Crippen MR) is 109 cm³/mol. The number of rotatable bonds is 4. The van der Waals surface area contributed by atoms with Crippen LogP contribution in [0.1, 0.15) is 62.0 Å². The Hall–Kier alpha value is -1.74. The zero-order valence-electron chi connectivity index (χ0n) is 16.2. The van der Waals surface area contributed by atoms with Gasteiger partial charge in [-0.3, -0.25) is 0 Å². The first-order chi connectivity index (χ1) is 11.8. The minimum absolute atomic E-state index is 0.209. The summed E-state index contributed by atoms with van der Waals surface area (Å²) in [5.74, 6) is 1.76. The highest BCUT2D eigenvalue weighted by atomic mass is 35.5. The molecule has 0 bridgehead atoms. The first-order valence-electron chi connectivity index (χ1n) is 8.90. The van der Waals surface area contributed by atoms with Crippen molar-refractivity contribution in [2.75, 3.05) is 12.4 Å². The van der Waals surface area contributed by atoms with E-state index >= 15 is 0 Å². The molecule has 1 heterocycles. The molecule has 1 fully saturated rings. The molecule has 1 saturated carbocycles. The molecule has 0 amide bonds. The van der Waals surface area contributed by atoms with Gasteiger partial charge in [0.25, 0.3) is 0 Å². The fourth-order valence-corrected chi connectivity index (χ4v) is 3.99. The van der Waals surface area contributed by atoms with Gasteiger partial charge in [0.1, 0.15) is 0 Å². The molecule has 0 radical (unpaired) electrons. The van der Waals surface area contributed by atoms with Crippen molar-refractivity contribution in [1.82, 2.24) is 9.97 Å². The van der Waals surface area contributed by atoms with Crippen molar-refractivity contribution in [2.45, 2.75) is 52.9 Å². The number of aromatic amines is 1. The summed E-state index contributed by atoms with van der Waals surface area (Å²) in [6.07, 6.45) is 2.76. The molecule has 2 atom stereocenters. The minimum Gasteiger partial charge on any atom is -0.359 e. The van der Waals surface area contributed by atoms with Gasteiger partial charge in [-0.15, -0.1) is 6.58 Å². The molecular weight excluding hydrogens is 330 g/mol. The molecule has 0 unspecified atom stereocenters. The molecule has 3 nitrogen and oxygen atoms in total. The van der Waals surface area contributed by atoms with Crippen molar-refractivity contribution in [3.8, 4) is 0 Å². The fraction of sp³-hybridized carbons (Fsp3) is 0.476. The summed E-state index contributed by atoms with van der Waals surface area (Å²) in [7, 11) is 1.89. The van der Waals surface area contributed by atoms with Crippen LogP contribution in [0.5, 0.6) is 0 Å². The Morgan fingerprint density at radius 3 is 2.48 bits per heavy atom. The maximum atomic E-state index is 6.31. The van der Waals surface area contributed by atoms with Crippen LogP contribution in [0.3, 0.4) is 0 Å². The number of benzene rings is 1. The van der Waals surface area contributed by atoms with Crippen LogP contribution in [-0.4, -0.2) is 17.0 Å². The molecule has 1 aliphatic rings. The van der Waals surface area contributed by atoms with Crippen molar-refractivity contribution >= 4 is 17.5 Å². The Morgan fingerprint density at radius 1 is 1.32 bits per heavy atom. The largest absolute Gasteiger partial charge is 0.359 e. The minimum atomic E-state index is 0.209. The van der Waals surface area contributed by atoms with Gasteiger partial charge in [-0.05, 0) is 54.9 Å². The lowest BCUT2D eigenvalue weighted by Gasteiger charge is -2.06. The maximum absolute atomic E-state index is 6.31. The van der Waals surface area contributed by atoms with Gasteiger partial charge in [0.2, 0.25) is 0 Å². The number of H-pyrrole nitrogens is 1. The van der Waals surface area contributed by atoms with E-state index in [1.165, 1.54) is 16.8 Å². The lowest BCUT2D eigenvalue weighted by atomic mass is 10.0. The van der Waals surface area contributed by atoms with Crippen LogP contribution in [0, 0.1) is 12.3 Å². The molecule has 136 valence electrons. The Kier molecular flexibility index (Phi) is 5.99. The molecule has 4 heteroatoms. The highest BCUT2D eigenvalue weighted by molar-refractivity contribution is 6.30. The van der Waals surface area contributed by atoms with Crippen molar-refractivity contribution in [3.63, 3.8) is 0 Å². The Balaban J connectivity index is 0.000000701. The molecule has 0 spiro atoms. The third-order valence-electron chi connectivity index (χ3n) is 5.03. The van der Waals surface area contributed by atoms with Crippen LogP contribution in [0.2, 0.25) is 5.02 Å². The summed E-state index contributed by atoms with van der Waals surface area (Å²) in [5, 5.41) is 3.93. The second kappa shape index (κ2) is 7.65. The van der Waals surface area contributed by atoms with E-state index in [1.807, 2.05) is 14.0 Å². The number of anilines is 1. The first kappa shape index (κ1) is 19.6. The summed E-state index contributed by atoms with van der Waals surface area (Å²) < 4.78 is 0. The molecule has 1 aromatic heterocycles. The smallest absolute Gasteiger partial charge is 0.200 e. The molecular formula is C21H30ClN3. The van der Waals surface area contributed by atoms with E-state index in [0.29, 0.717) is 11.8 Å². The van der Waals surface area contributed by atoms with Crippen LogP contribution in [0.25, 0.3) is 0 Å². The van der Waals surface area contributed by atoms with Gasteiger partial charge < -0.3 is 10.3 Å². The summed E-state index contributed by atoms with van der Waals surface area (Å²) in [4.78, 5) is 8.04. The molecule has 0 aliphatic heterocycles. The van der Waals surface area contributed by atoms with Crippen molar-refractivity contribution in [1.29, 1.82) is 0 Å². The van der Waals surface area contributed by atoms with E-state index in [4.69, 9.17) is 16.6 Å². The van der Waals surface area contributed by atoms with Gasteiger partial charge in [0, 0.05) is 23.7 Å². The van der Waals surface area contributed by atoms with Gasteiger partial charge in [-0.1, -0.05) is 44.5 Å². The van der Waals surface area contributed by atoms with Crippen LogP contribution < -0.4 is 5.32 Å². The van der Waals surface area contributed by atoms with Crippen LogP contribution in [0.4, 0.5) is 5.95 Å². The number of hydrogen-bond donors (Lipinski definition) is 2. The summed E-state index contributed by atoms with van der Waals surface area (Å²) >= 11 is 6.31. The molecule has 25 heavy (non-hydrogen) atoms. The zero-order chi connectivity index (χ0) is 18.8.